The van der Waals surface area contributed by atoms with Gasteiger partial charge in [-0.05, 0) is 29.7 Å². The van der Waals surface area contributed by atoms with Crippen molar-refractivity contribution in [3.8, 4) is 0 Å². The summed E-state index contributed by atoms with van der Waals surface area (Å²) in [5, 5.41) is 0. The number of anilines is 1. The molecule has 0 aliphatic carbocycles. The highest BCUT2D eigenvalue weighted by molar-refractivity contribution is 6.02. The summed E-state index contributed by atoms with van der Waals surface area (Å²) < 4.78 is 0. The third kappa shape index (κ3) is 3.23. The molecule has 3 aromatic rings. The van der Waals surface area contributed by atoms with Crippen LogP contribution in [-0.2, 0) is 4.79 Å². The van der Waals surface area contributed by atoms with E-state index in [0.29, 0.717) is 5.92 Å². The Kier molecular flexibility index (Phi) is 4.92. The number of likely N-dealkylation sites (N-methyl/N-ethyl adjacent to an activating group) is 1. The average molecular weight is 398 g/mol. The van der Waals surface area contributed by atoms with E-state index in [1.165, 1.54) is 11.1 Å². The second kappa shape index (κ2) is 7.73. The van der Waals surface area contributed by atoms with Gasteiger partial charge < -0.3 is 9.80 Å². The molecule has 0 spiro atoms. The number of carbonyl (C=O) groups excluding carboxylic acids is 1. The molecule has 3 aromatic carbocycles. The van der Waals surface area contributed by atoms with Gasteiger partial charge in [0.15, 0.2) is 0 Å². The van der Waals surface area contributed by atoms with Gasteiger partial charge in [0.05, 0.1) is 38.0 Å². The maximum Gasteiger partial charge on any atom is 0.239 e. The van der Waals surface area contributed by atoms with E-state index in [-0.39, 0.29) is 17.9 Å². The van der Waals surface area contributed by atoms with E-state index in [1.54, 1.807) is 4.90 Å². The molecule has 2 heterocycles. The van der Waals surface area contributed by atoms with E-state index in [9.17, 15) is 4.79 Å². The van der Waals surface area contributed by atoms with Gasteiger partial charge in [0.1, 0.15) is 0 Å². The molecule has 0 aromatic heterocycles. The van der Waals surface area contributed by atoms with Crippen molar-refractivity contribution >= 4 is 11.6 Å². The van der Waals surface area contributed by atoms with Crippen molar-refractivity contribution in [3.63, 3.8) is 0 Å². The molecule has 3 nitrogen and oxygen atoms in total. The minimum Gasteiger partial charge on any atom is -0.337 e. The number of aryl methyl sites for hydroxylation is 1. The summed E-state index contributed by atoms with van der Waals surface area (Å²) in [5.41, 5.74) is 5.86. The zero-order valence-electron chi connectivity index (χ0n) is 17.7. The smallest absolute Gasteiger partial charge is 0.239 e. The number of hydrogen-bond donors (Lipinski definition) is 1. The number of fused-ring (bicyclic) bond motifs is 3. The molecule has 1 N–H and O–H groups in total. The molecule has 0 radical (unpaired) electrons. The second-order valence-electron chi connectivity index (χ2n) is 8.90. The summed E-state index contributed by atoms with van der Waals surface area (Å²) >= 11 is 0. The Hall–Kier alpha value is -2.91. The lowest BCUT2D eigenvalue weighted by atomic mass is 9.87. The summed E-state index contributed by atoms with van der Waals surface area (Å²) in [7, 11) is 2.27. The summed E-state index contributed by atoms with van der Waals surface area (Å²) in [6.45, 7) is 4.35. The highest BCUT2D eigenvalue weighted by Crippen LogP contribution is 2.45. The van der Waals surface area contributed by atoms with Crippen molar-refractivity contribution in [1.29, 1.82) is 0 Å². The summed E-state index contributed by atoms with van der Waals surface area (Å²) in [6, 6.07) is 27.3. The van der Waals surface area contributed by atoms with E-state index in [2.05, 4.69) is 61.3 Å². The molecular formula is C27H29N2O+. The summed E-state index contributed by atoms with van der Waals surface area (Å²) in [6.07, 6.45) is 1.05. The first-order valence-corrected chi connectivity index (χ1v) is 11.0. The average Bonchev–Trinajstić information content (AvgIpc) is 3.08. The number of nitrogens with one attached hydrogen (secondary N) is 1. The van der Waals surface area contributed by atoms with Crippen LogP contribution in [0.1, 0.15) is 40.5 Å². The quantitative estimate of drug-likeness (QED) is 0.718. The van der Waals surface area contributed by atoms with E-state index < -0.39 is 0 Å². The van der Waals surface area contributed by atoms with Crippen LogP contribution in [0.3, 0.4) is 0 Å². The lowest BCUT2D eigenvalue weighted by Crippen LogP contribution is -3.11. The van der Waals surface area contributed by atoms with Gasteiger partial charge in [-0.2, -0.15) is 0 Å². The van der Waals surface area contributed by atoms with E-state index in [4.69, 9.17) is 0 Å². The zero-order chi connectivity index (χ0) is 20.7. The molecule has 5 rings (SSSR count). The molecule has 1 saturated heterocycles. The first-order valence-electron chi connectivity index (χ1n) is 11.0. The van der Waals surface area contributed by atoms with Gasteiger partial charge in [-0.1, -0.05) is 78.4 Å². The van der Waals surface area contributed by atoms with Crippen LogP contribution in [0.4, 0.5) is 5.69 Å². The maximum atomic E-state index is 14.2. The van der Waals surface area contributed by atoms with Crippen LogP contribution < -0.4 is 9.80 Å². The molecule has 2 aliphatic rings. The Morgan fingerprint density at radius 1 is 0.967 bits per heavy atom. The molecular weight excluding hydrogens is 368 g/mol. The third-order valence-electron chi connectivity index (χ3n) is 6.82. The number of piperidine rings is 1. The topological polar surface area (TPSA) is 24.8 Å². The normalized spacial score (nSPS) is 22.6. The number of carbonyl (C=O) groups is 1. The predicted molar refractivity (Wildman–Crippen MR) is 121 cm³/mol. The van der Waals surface area contributed by atoms with Crippen LogP contribution in [0.25, 0.3) is 0 Å². The Morgan fingerprint density at radius 2 is 1.60 bits per heavy atom. The SMILES string of the molecule is Cc1ccc2c(c1)[C@@H]1C[NH+](C)CC[C@H]1N2C(=O)C(c1ccccc1)c1ccccc1. The molecule has 0 saturated carbocycles. The van der Waals surface area contributed by atoms with Crippen molar-refractivity contribution < 1.29 is 9.69 Å². The molecule has 0 bridgehead atoms. The van der Waals surface area contributed by atoms with Crippen molar-refractivity contribution in [2.45, 2.75) is 31.2 Å². The first kappa shape index (κ1) is 19.1. The number of hydrogen-bond acceptors (Lipinski definition) is 1. The van der Waals surface area contributed by atoms with Crippen LogP contribution in [0.5, 0.6) is 0 Å². The number of likely N-dealkylation sites (tertiary alicyclic amines) is 1. The Bertz CT molecular complexity index is 1010. The van der Waals surface area contributed by atoms with Crippen LogP contribution >= 0.6 is 0 Å². The van der Waals surface area contributed by atoms with Crippen molar-refractivity contribution in [1.82, 2.24) is 0 Å². The van der Waals surface area contributed by atoms with Gasteiger partial charge in [0.25, 0.3) is 0 Å². The number of nitrogens with zero attached hydrogens (tertiary/aromatic N) is 1. The van der Waals surface area contributed by atoms with Crippen LogP contribution in [0, 0.1) is 6.92 Å². The van der Waals surface area contributed by atoms with Crippen molar-refractivity contribution in [3.05, 3.63) is 101 Å². The third-order valence-corrected chi connectivity index (χ3v) is 6.82. The molecule has 3 heteroatoms. The van der Waals surface area contributed by atoms with Gasteiger partial charge in [0, 0.05) is 12.1 Å². The van der Waals surface area contributed by atoms with Crippen LogP contribution in [0.2, 0.25) is 0 Å². The van der Waals surface area contributed by atoms with E-state index in [1.807, 2.05) is 36.4 Å². The highest BCUT2D eigenvalue weighted by Gasteiger charge is 2.47. The summed E-state index contributed by atoms with van der Waals surface area (Å²) in [5.74, 6) is 0.335. The van der Waals surface area contributed by atoms with Crippen molar-refractivity contribution in [2.75, 3.05) is 25.0 Å². The molecule has 1 amide bonds. The largest absolute Gasteiger partial charge is 0.337 e. The Labute approximate surface area is 178 Å². The molecule has 3 atom stereocenters. The van der Waals surface area contributed by atoms with E-state index in [0.717, 1.165) is 36.3 Å². The van der Waals surface area contributed by atoms with Gasteiger partial charge in [0.2, 0.25) is 5.91 Å². The van der Waals surface area contributed by atoms with Gasteiger partial charge in [-0.3, -0.25) is 4.79 Å². The fourth-order valence-electron chi connectivity index (χ4n) is 5.39. The highest BCUT2D eigenvalue weighted by atomic mass is 16.2. The minimum atomic E-state index is -0.285. The van der Waals surface area contributed by atoms with Crippen LogP contribution in [-0.4, -0.2) is 32.1 Å². The van der Waals surface area contributed by atoms with Gasteiger partial charge >= 0.3 is 0 Å². The number of rotatable bonds is 3. The predicted octanol–water partition coefficient (Wildman–Crippen LogP) is 3.54. The monoisotopic (exact) mass is 397 g/mol. The number of benzene rings is 3. The second-order valence-corrected chi connectivity index (χ2v) is 8.90. The first-order chi connectivity index (χ1) is 14.6. The molecule has 2 aliphatic heterocycles. The van der Waals surface area contributed by atoms with E-state index >= 15 is 0 Å². The van der Waals surface area contributed by atoms with Crippen molar-refractivity contribution in [2.24, 2.45) is 0 Å². The maximum absolute atomic E-state index is 14.2. The van der Waals surface area contributed by atoms with Gasteiger partial charge in [-0.25, -0.2) is 0 Å². The minimum absolute atomic E-state index is 0.199. The number of amides is 1. The van der Waals surface area contributed by atoms with Gasteiger partial charge in [-0.15, -0.1) is 0 Å². The zero-order valence-corrected chi connectivity index (χ0v) is 17.7. The lowest BCUT2D eigenvalue weighted by Gasteiger charge is -2.36. The summed E-state index contributed by atoms with van der Waals surface area (Å²) in [4.78, 5) is 18.0. The Morgan fingerprint density at radius 3 is 2.23 bits per heavy atom. The fourth-order valence-corrected chi connectivity index (χ4v) is 5.39. The molecule has 30 heavy (non-hydrogen) atoms. The van der Waals surface area contributed by atoms with Crippen LogP contribution in [0.15, 0.2) is 78.9 Å². The molecule has 1 fully saturated rings. The molecule has 152 valence electrons. The number of quaternary nitrogens is 1. The standard InChI is InChI=1S/C27H28N2O/c1-19-13-14-24-22(17-19)23-18-28(2)16-15-25(23)29(24)27(30)26(20-9-5-3-6-10-20)21-11-7-4-8-12-21/h3-14,17,23,25-26H,15-16,18H2,1-2H3/p+1/t23-,25+/m0/s1. The lowest BCUT2D eigenvalue weighted by molar-refractivity contribution is -0.886. The Balaban J connectivity index is 1.61. The molecule has 1 unspecified atom stereocenters. The fraction of sp³-hybridized carbons (Fsp3) is 0.296.